The number of aryl methyl sites for hydroxylation is 1. The highest BCUT2D eigenvalue weighted by atomic mass is 35.5. The Morgan fingerprint density at radius 1 is 1.35 bits per heavy atom. The van der Waals surface area contributed by atoms with E-state index in [-0.39, 0.29) is 5.91 Å². The largest absolute Gasteiger partial charge is 0.311 e. The van der Waals surface area contributed by atoms with Gasteiger partial charge in [-0.05, 0) is 12.1 Å². The third-order valence-corrected chi connectivity index (χ3v) is 2.95. The summed E-state index contributed by atoms with van der Waals surface area (Å²) in [6.45, 7) is 0.627. The molecule has 4 nitrogen and oxygen atoms in total. The standard InChI is InChI=1S/C12H10ClN3O/c13-9-3-1-2-8(6-9)10-7-11-14-12(17)4-5-16(11)15-10/h1-3,6-7H,4-5H2,(H,14,17). The summed E-state index contributed by atoms with van der Waals surface area (Å²) < 4.78 is 1.80. The number of amides is 1. The molecule has 0 unspecified atom stereocenters. The van der Waals surface area contributed by atoms with Crippen LogP contribution in [0.5, 0.6) is 0 Å². The maximum Gasteiger partial charge on any atom is 0.227 e. The molecule has 0 atom stereocenters. The number of rotatable bonds is 1. The Hall–Kier alpha value is -1.81. The topological polar surface area (TPSA) is 46.9 Å². The number of nitrogens with one attached hydrogen (secondary N) is 1. The fourth-order valence-electron chi connectivity index (χ4n) is 1.89. The Kier molecular flexibility index (Phi) is 2.37. The van der Waals surface area contributed by atoms with Crippen LogP contribution >= 0.6 is 11.6 Å². The summed E-state index contributed by atoms with van der Waals surface area (Å²) in [6, 6.07) is 9.37. The summed E-state index contributed by atoms with van der Waals surface area (Å²) in [5.74, 6) is 0.784. The van der Waals surface area contributed by atoms with Gasteiger partial charge in [-0.15, -0.1) is 0 Å². The summed E-state index contributed by atoms with van der Waals surface area (Å²) in [5.41, 5.74) is 1.78. The van der Waals surface area contributed by atoms with Crippen molar-refractivity contribution in [3.63, 3.8) is 0 Å². The fraction of sp³-hybridized carbons (Fsp3) is 0.167. The van der Waals surface area contributed by atoms with Crippen molar-refractivity contribution in [2.45, 2.75) is 13.0 Å². The van der Waals surface area contributed by atoms with Crippen LogP contribution in [0.15, 0.2) is 30.3 Å². The number of halogens is 1. The van der Waals surface area contributed by atoms with Crippen molar-refractivity contribution in [1.82, 2.24) is 9.78 Å². The van der Waals surface area contributed by atoms with Crippen molar-refractivity contribution in [3.8, 4) is 11.3 Å². The van der Waals surface area contributed by atoms with E-state index < -0.39 is 0 Å². The molecule has 1 amide bonds. The first-order valence-electron chi connectivity index (χ1n) is 5.36. The molecule has 1 N–H and O–H groups in total. The predicted octanol–water partition coefficient (Wildman–Crippen LogP) is 2.55. The molecular weight excluding hydrogens is 238 g/mol. The van der Waals surface area contributed by atoms with Crippen LogP contribution in [0, 0.1) is 0 Å². The number of benzene rings is 1. The van der Waals surface area contributed by atoms with Gasteiger partial charge in [-0.2, -0.15) is 5.10 Å². The van der Waals surface area contributed by atoms with Gasteiger partial charge < -0.3 is 5.32 Å². The number of fused-ring (bicyclic) bond motifs is 1. The van der Waals surface area contributed by atoms with Crippen LogP contribution in [0.3, 0.4) is 0 Å². The number of hydrogen-bond donors (Lipinski definition) is 1. The Balaban J connectivity index is 2.02. The van der Waals surface area contributed by atoms with Crippen LogP contribution in [-0.2, 0) is 11.3 Å². The molecule has 1 aliphatic heterocycles. The third-order valence-electron chi connectivity index (χ3n) is 2.72. The maximum atomic E-state index is 11.3. The maximum absolute atomic E-state index is 11.3. The molecule has 17 heavy (non-hydrogen) atoms. The molecule has 0 bridgehead atoms. The SMILES string of the molecule is O=C1CCn2nc(-c3cccc(Cl)c3)cc2N1. The first-order chi connectivity index (χ1) is 8.22. The molecule has 1 aromatic heterocycles. The lowest BCUT2D eigenvalue weighted by atomic mass is 10.1. The number of hydrogen-bond acceptors (Lipinski definition) is 2. The molecule has 86 valence electrons. The van der Waals surface area contributed by atoms with Gasteiger partial charge in [-0.1, -0.05) is 23.7 Å². The lowest BCUT2D eigenvalue weighted by Crippen LogP contribution is -2.23. The molecule has 5 heteroatoms. The van der Waals surface area contributed by atoms with Gasteiger partial charge in [0.25, 0.3) is 0 Å². The van der Waals surface area contributed by atoms with Crippen molar-refractivity contribution in [3.05, 3.63) is 35.4 Å². The van der Waals surface area contributed by atoms with Crippen LogP contribution in [0.2, 0.25) is 5.02 Å². The van der Waals surface area contributed by atoms with Gasteiger partial charge >= 0.3 is 0 Å². The summed E-state index contributed by atoms with van der Waals surface area (Å²) in [6.07, 6.45) is 0.476. The third kappa shape index (κ3) is 1.91. The average Bonchev–Trinajstić information content (AvgIpc) is 2.72. The lowest BCUT2D eigenvalue weighted by Gasteiger charge is -2.13. The van der Waals surface area contributed by atoms with Crippen molar-refractivity contribution in [1.29, 1.82) is 0 Å². The second kappa shape index (κ2) is 3.89. The Bertz CT molecular complexity index is 591. The minimum atomic E-state index is 0.0371. The normalized spacial score (nSPS) is 14.3. The van der Waals surface area contributed by atoms with E-state index in [9.17, 15) is 4.79 Å². The van der Waals surface area contributed by atoms with Gasteiger partial charge in [-0.3, -0.25) is 4.79 Å². The first-order valence-corrected chi connectivity index (χ1v) is 5.74. The Labute approximate surface area is 103 Å². The van der Waals surface area contributed by atoms with Crippen molar-refractivity contribution >= 4 is 23.3 Å². The summed E-state index contributed by atoms with van der Waals surface area (Å²) in [5, 5.41) is 7.91. The zero-order chi connectivity index (χ0) is 11.8. The van der Waals surface area contributed by atoms with Crippen LogP contribution in [-0.4, -0.2) is 15.7 Å². The van der Waals surface area contributed by atoms with E-state index in [1.54, 1.807) is 4.68 Å². The molecular formula is C12H10ClN3O. The van der Waals surface area contributed by atoms with Crippen molar-refractivity contribution < 1.29 is 4.79 Å². The molecule has 0 aliphatic carbocycles. The quantitative estimate of drug-likeness (QED) is 0.842. The molecule has 1 aliphatic rings. The van der Waals surface area contributed by atoms with E-state index >= 15 is 0 Å². The molecule has 0 radical (unpaired) electrons. The number of aromatic nitrogens is 2. The van der Waals surface area contributed by atoms with Crippen LogP contribution in [0.25, 0.3) is 11.3 Å². The van der Waals surface area contributed by atoms with Gasteiger partial charge in [0.05, 0.1) is 12.2 Å². The minimum Gasteiger partial charge on any atom is -0.311 e. The molecule has 2 aromatic rings. The molecule has 3 rings (SSSR count). The number of carbonyl (C=O) groups excluding carboxylic acids is 1. The van der Waals surface area contributed by atoms with Crippen molar-refractivity contribution in [2.75, 3.05) is 5.32 Å². The van der Waals surface area contributed by atoms with Gasteiger partial charge in [0.1, 0.15) is 5.82 Å². The zero-order valence-electron chi connectivity index (χ0n) is 8.98. The highest BCUT2D eigenvalue weighted by Gasteiger charge is 2.17. The molecule has 1 aromatic carbocycles. The Morgan fingerprint density at radius 2 is 2.24 bits per heavy atom. The molecule has 0 spiro atoms. The second-order valence-electron chi connectivity index (χ2n) is 3.95. The van der Waals surface area contributed by atoms with Gasteiger partial charge in [0.15, 0.2) is 0 Å². The zero-order valence-corrected chi connectivity index (χ0v) is 9.74. The number of carbonyl (C=O) groups is 1. The van der Waals surface area contributed by atoms with Gasteiger partial charge in [-0.25, -0.2) is 4.68 Å². The Morgan fingerprint density at radius 3 is 3.06 bits per heavy atom. The average molecular weight is 248 g/mol. The van der Waals surface area contributed by atoms with E-state index in [0.29, 0.717) is 18.0 Å². The molecule has 0 saturated carbocycles. The van der Waals surface area contributed by atoms with Gasteiger partial charge in [0.2, 0.25) is 5.91 Å². The van der Waals surface area contributed by atoms with Crippen LogP contribution in [0.4, 0.5) is 5.82 Å². The monoisotopic (exact) mass is 247 g/mol. The fourth-order valence-corrected chi connectivity index (χ4v) is 2.08. The van der Waals surface area contributed by atoms with Gasteiger partial charge in [0, 0.05) is 23.1 Å². The summed E-state index contributed by atoms with van der Waals surface area (Å²) in [4.78, 5) is 11.3. The summed E-state index contributed by atoms with van der Waals surface area (Å²) in [7, 11) is 0. The van der Waals surface area contributed by atoms with E-state index in [1.165, 1.54) is 0 Å². The van der Waals surface area contributed by atoms with E-state index in [1.807, 2.05) is 30.3 Å². The predicted molar refractivity (Wildman–Crippen MR) is 65.9 cm³/mol. The van der Waals surface area contributed by atoms with E-state index in [0.717, 1.165) is 17.1 Å². The minimum absolute atomic E-state index is 0.0371. The van der Waals surface area contributed by atoms with E-state index in [2.05, 4.69) is 10.4 Å². The number of nitrogens with zero attached hydrogens (tertiary/aromatic N) is 2. The number of anilines is 1. The summed E-state index contributed by atoms with van der Waals surface area (Å²) >= 11 is 5.94. The highest BCUT2D eigenvalue weighted by molar-refractivity contribution is 6.30. The van der Waals surface area contributed by atoms with Crippen LogP contribution < -0.4 is 5.32 Å². The molecule has 2 heterocycles. The van der Waals surface area contributed by atoms with Crippen LogP contribution in [0.1, 0.15) is 6.42 Å². The molecule has 0 fully saturated rings. The smallest absolute Gasteiger partial charge is 0.227 e. The lowest BCUT2D eigenvalue weighted by molar-refractivity contribution is -0.116. The van der Waals surface area contributed by atoms with Crippen molar-refractivity contribution in [2.24, 2.45) is 0 Å². The first kappa shape index (κ1) is 10.4. The van der Waals surface area contributed by atoms with E-state index in [4.69, 9.17) is 11.6 Å². The molecule has 0 saturated heterocycles. The highest BCUT2D eigenvalue weighted by Crippen LogP contribution is 2.25. The second-order valence-corrected chi connectivity index (χ2v) is 4.38.